The molecule has 122 valence electrons. The normalized spacial score (nSPS) is 26.3. The number of piperidine rings is 1. The second kappa shape index (κ2) is 5.07. The molecule has 0 bridgehead atoms. The molecule has 1 saturated heterocycles. The Morgan fingerprint density at radius 2 is 1.83 bits per heavy atom. The van der Waals surface area contributed by atoms with Crippen LogP contribution in [-0.4, -0.2) is 24.4 Å². The van der Waals surface area contributed by atoms with Crippen molar-refractivity contribution < 1.29 is 32.3 Å². The van der Waals surface area contributed by atoms with E-state index in [1.165, 1.54) is 6.07 Å². The van der Waals surface area contributed by atoms with Crippen LogP contribution < -0.4 is 4.90 Å². The maximum Gasteiger partial charge on any atom is 0.416 e. The average molecular weight is 327 g/mol. The summed E-state index contributed by atoms with van der Waals surface area (Å²) < 4.78 is 43.0. The van der Waals surface area contributed by atoms with Gasteiger partial charge in [0.1, 0.15) is 0 Å². The van der Waals surface area contributed by atoms with Crippen LogP contribution in [0.25, 0.3) is 0 Å². The molecule has 2 aliphatic rings. The topological polar surface area (TPSA) is 63.7 Å². The molecular formula is C15H12F3NO4. The molecule has 23 heavy (non-hydrogen) atoms. The van der Waals surface area contributed by atoms with Gasteiger partial charge in [-0.05, 0) is 25.1 Å². The summed E-state index contributed by atoms with van der Waals surface area (Å²) in [4.78, 5) is 36.9. The lowest BCUT2D eigenvalue weighted by atomic mass is 10.1. The number of carbonyl (C=O) groups is 3. The highest BCUT2D eigenvalue weighted by Crippen LogP contribution is 2.55. The minimum Gasteiger partial charge on any atom is -0.466 e. The number of esters is 1. The van der Waals surface area contributed by atoms with E-state index in [1.807, 2.05) is 0 Å². The Bertz CT molecular complexity index is 678. The van der Waals surface area contributed by atoms with Crippen LogP contribution in [0.4, 0.5) is 18.9 Å². The number of carbonyl (C=O) groups excluding carboxylic acids is 3. The first-order chi connectivity index (χ1) is 10.8. The van der Waals surface area contributed by atoms with Gasteiger partial charge in [0, 0.05) is 0 Å². The molecule has 0 N–H and O–H groups in total. The Morgan fingerprint density at radius 3 is 2.35 bits per heavy atom. The Labute approximate surface area is 129 Å². The SMILES string of the molecule is CCOC(=O)C1C2C(=O)N(c3cccc(C(F)(F)F)c3)C(=O)C12. The van der Waals surface area contributed by atoms with Gasteiger partial charge in [-0.15, -0.1) is 0 Å². The zero-order chi connectivity index (χ0) is 16.9. The van der Waals surface area contributed by atoms with E-state index in [2.05, 4.69) is 0 Å². The second-order valence-corrected chi connectivity index (χ2v) is 5.39. The Morgan fingerprint density at radius 1 is 1.22 bits per heavy atom. The lowest BCUT2D eigenvalue weighted by Crippen LogP contribution is -2.36. The summed E-state index contributed by atoms with van der Waals surface area (Å²) in [7, 11) is 0. The molecule has 0 radical (unpaired) electrons. The molecule has 3 rings (SSSR count). The van der Waals surface area contributed by atoms with Crippen molar-refractivity contribution in [3.63, 3.8) is 0 Å². The number of ether oxygens (including phenoxy) is 1. The van der Waals surface area contributed by atoms with Crippen LogP contribution in [-0.2, 0) is 25.3 Å². The van der Waals surface area contributed by atoms with Crippen molar-refractivity contribution in [1.82, 2.24) is 0 Å². The van der Waals surface area contributed by atoms with Gasteiger partial charge in [0.15, 0.2) is 0 Å². The highest BCUT2D eigenvalue weighted by molar-refractivity contribution is 6.27. The molecule has 2 amide bonds. The van der Waals surface area contributed by atoms with E-state index < -0.39 is 47.3 Å². The van der Waals surface area contributed by atoms with Gasteiger partial charge < -0.3 is 4.74 Å². The van der Waals surface area contributed by atoms with E-state index in [9.17, 15) is 27.6 Å². The number of imide groups is 1. The first-order valence-corrected chi connectivity index (χ1v) is 6.99. The molecule has 0 spiro atoms. The number of fused-ring (bicyclic) bond motifs is 1. The van der Waals surface area contributed by atoms with E-state index in [-0.39, 0.29) is 12.3 Å². The highest BCUT2D eigenvalue weighted by atomic mass is 19.4. The predicted molar refractivity (Wildman–Crippen MR) is 71.0 cm³/mol. The van der Waals surface area contributed by atoms with Crippen LogP contribution >= 0.6 is 0 Å². The molecule has 1 aromatic rings. The van der Waals surface area contributed by atoms with E-state index in [0.29, 0.717) is 0 Å². The van der Waals surface area contributed by atoms with Crippen molar-refractivity contribution in [1.29, 1.82) is 0 Å². The zero-order valence-corrected chi connectivity index (χ0v) is 12.0. The number of alkyl halides is 3. The smallest absolute Gasteiger partial charge is 0.416 e. The van der Waals surface area contributed by atoms with Gasteiger partial charge in [0.25, 0.3) is 0 Å². The number of anilines is 1. The van der Waals surface area contributed by atoms with Crippen LogP contribution in [0.1, 0.15) is 12.5 Å². The first-order valence-electron chi connectivity index (χ1n) is 6.99. The minimum absolute atomic E-state index is 0.133. The molecule has 2 atom stereocenters. The number of benzene rings is 1. The van der Waals surface area contributed by atoms with Crippen LogP contribution in [0, 0.1) is 17.8 Å². The summed E-state index contributed by atoms with van der Waals surface area (Å²) in [5, 5.41) is 0. The number of hydrogen-bond acceptors (Lipinski definition) is 4. The number of halogens is 3. The third-order valence-corrected chi connectivity index (χ3v) is 4.02. The maximum atomic E-state index is 12.7. The summed E-state index contributed by atoms with van der Waals surface area (Å²) in [5.41, 5.74) is -1.08. The monoisotopic (exact) mass is 327 g/mol. The molecule has 1 aromatic carbocycles. The summed E-state index contributed by atoms with van der Waals surface area (Å²) in [6.45, 7) is 1.74. The van der Waals surface area contributed by atoms with E-state index in [1.54, 1.807) is 6.92 Å². The standard InChI is InChI=1S/C15H12F3NO4/c1-2-23-14(22)11-9-10(11)13(21)19(12(9)20)8-5-3-4-7(6-8)15(16,17)18/h3-6,9-11H,2H2,1H3. The largest absolute Gasteiger partial charge is 0.466 e. The summed E-state index contributed by atoms with van der Waals surface area (Å²) in [5.74, 6) is -4.38. The third kappa shape index (κ3) is 2.38. The molecule has 8 heteroatoms. The Balaban J connectivity index is 1.84. The highest BCUT2D eigenvalue weighted by Gasteiger charge is 2.71. The predicted octanol–water partition coefficient (Wildman–Crippen LogP) is 2.00. The van der Waals surface area contributed by atoms with Gasteiger partial charge in [0.2, 0.25) is 11.8 Å². The van der Waals surface area contributed by atoms with Gasteiger partial charge in [-0.25, -0.2) is 4.90 Å². The number of rotatable bonds is 3. The molecule has 1 aliphatic heterocycles. The molecule has 2 fully saturated rings. The van der Waals surface area contributed by atoms with Crippen LogP contribution in [0.5, 0.6) is 0 Å². The van der Waals surface area contributed by atoms with Crippen molar-refractivity contribution in [3.05, 3.63) is 29.8 Å². The zero-order valence-electron chi connectivity index (χ0n) is 12.0. The summed E-state index contributed by atoms with van der Waals surface area (Å²) in [6, 6.07) is 4.00. The van der Waals surface area contributed by atoms with Crippen LogP contribution in [0.3, 0.4) is 0 Å². The Hall–Kier alpha value is -2.38. The van der Waals surface area contributed by atoms with Crippen molar-refractivity contribution in [2.75, 3.05) is 11.5 Å². The number of nitrogens with zero attached hydrogens (tertiary/aromatic N) is 1. The summed E-state index contributed by atoms with van der Waals surface area (Å²) >= 11 is 0. The van der Waals surface area contributed by atoms with Gasteiger partial charge in [-0.1, -0.05) is 6.07 Å². The minimum atomic E-state index is -4.57. The summed E-state index contributed by atoms with van der Waals surface area (Å²) in [6.07, 6.45) is -4.57. The van der Waals surface area contributed by atoms with Gasteiger partial charge in [-0.2, -0.15) is 13.2 Å². The fraction of sp³-hybridized carbons (Fsp3) is 0.400. The van der Waals surface area contributed by atoms with Crippen molar-refractivity contribution >= 4 is 23.5 Å². The molecule has 1 heterocycles. The molecule has 5 nitrogen and oxygen atoms in total. The fourth-order valence-electron chi connectivity index (χ4n) is 2.94. The molecule has 0 aromatic heterocycles. The fourth-order valence-corrected chi connectivity index (χ4v) is 2.94. The quantitative estimate of drug-likeness (QED) is 0.629. The van der Waals surface area contributed by atoms with Crippen molar-refractivity contribution in [2.24, 2.45) is 17.8 Å². The molecule has 1 aliphatic carbocycles. The Kier molecular flexibility index (Phi) is 3.42. The van der Waals surface area contributed by atoms with Crippen LogP contribution in [0.2, 0.25) is 0 Å². The first kappa shape index (κ1) is 15.5. The van der Waals surface area contributed by atoms with Gasteiger partial charge in [-0.3, -0.25) is 14.4 Å². The molecule has 1 saturated carbocycles. The van der Waals surface area contributed by atoms with Gasteiger partial charge >= 0.3 is 12.1 Å². The average Bonchev–Trinajstić information content (AvgIpc) is 3.16. The molecule has 2 unspecified atom stereocenters. The van der Waals surface area contributed by atoms with Gasteiger partial charge in [0.05, 0.1) is 35.6 Å². The maximum absolute atomic E-state index is 12.7. The van der Waals surface area contributed by atoms with E-state index >= 15 is 0 Å². The lowest BCUT2D eigenvalue weighted by Gasteiger charge is -2.19. The van der Waals surface area contributed by atoms with Crippen LogP contribution in [0.15, 0.2) is 24.3 Å². The second-order valence-electron chi connectivity index (χ2n) is 5.39. The van der Waals surface area contributed by atoms with E-state index in [0.717, 1.165) is 23.1 Å². The third-order valence-electron chi connectivity index (χ3n) is 4.02. The lowest BCUT2D eigenvalue weighted by molar-refractivity contribution is -0.147. The van der Waals surface area contributed by atoms with Crippen molar-refractivity contribution in [2.45, 2.75) is 13.1 Å². The van der Waals surface area contributed by atoms with Crippen molar-refractivity contribution in [3.8, 4) is 0 Å². The number of amides is 2. The van der Waals surface area contributed by atoms with E-state index in [4.69, 9.17) is 4.74 Å². The molecular weight excluding hydrogens is 315 g/mol. The number of hydrogen-bond donors (Lipinski definition) is 0.